The van der Waals surface area contributed by atoms with Crippen LogP contribution >= 0.6 is 22.9 Å². The first kappa shape index (κ1) is 26.3. The van der Waals surface area contributed by atoms with Crippen molar-refractivity contribution in [2.75, 3.05) is 0 Å². The number of carbonyl (C=O) groups is 1. The second-order valence-corrected chi connectivity index (χ2v) is 13.0. The Morgan fingerprint density at radius 3 is 2.65 bits per heavy atom. The normalized spacial score (nSPS) is 26.1. The van der Waals surface area contributed by atoms with Gasteiger partial charge >= 0.3 is 5.97 Å². The maximum absolute atomic E-state index is 14.7. The van der Waals surface area contributed by atoms with Gasteiger partial charge in [-0.15, -0.1) is 11.3 Å². The predicted octanol–water partition coefficient (Wildman–Crippen LogP) is 6.14. The number of halogens is 3. The highest BCUT2D eigenvalue weighted by atomic mass is 35.5. The maximum atomic E-state index is 14.7. The summed E-state index contributed by atoms with van der Waals surface area (Å²) in [6, 6.07) is 7.90. The minimum atomic E-state index is -1.20. The number of hydrogen-bond donors (Lipinski definition) is 2. The minimum absolute atomic E-state index is 0.0628. The van der Waals surface area contributed by atoms with Crippen molar-refractivity contribution in [3.8, 4) is 5.69 Å². The van der Waals surface area contributed by atoms with Gasteiger partial charge in [0, 0.05) is 6.07 Å². The molecule has 0 aliphatic heterocycles. The number of thiazole rings is 1. The summed E-state index contributed by atoms with van der Waals surface area (Å²) in [4.78, 5) is 15.9. The van der Waals surface area contributed by atoms with E-state index in [-0.39, 0.29) is 29.0 Å². The van der Waals surface area contributed by atoms with Gasteiger partial charge < -0.3 is 14.9 Å². The van der Waals surface area contributed by atoms with Gasteiger partial charge in [0.15, 0.2) is 17.4 Å². The molecule has 2 bridgehead atoms. The highest BCUT2D eigenvalue weighted by Crippen LogP contribution is 2.57. The van der Waals surface area contributed by atoms with Crippen LogP contribution in [0, 0.1) is 29.3 Å². The molecular formula is C29H27Cl2FN3O4S+. The van der Waals surface area contributed by atoms with E-state index in [1.165, 1.54) is 23.0 Å². The summed E-state index contributed by atoms with van der Waals surface area (Å²) in [6.07, 6.45) is 7.03. The van der Waals surface area contributed by atoms with Gasteiger partial charge in [0.2, 0.25) is 0 Å². The Hall–Kier alpha value is -2.56. The summed E-state index contributed by atoms with van der Waals surface area (Å²) in [5.41, 5.74) is 1.62. The molecule has 7 nitrogen and oxygen atoms in total. The molecule has 0 radical (unpaired) electrons. The van der Waals surface area contributed by atoms with Gasteiger partial charge in [0.05, 0.1) is 39.9 Å². The van der Waals surface area contributed by atoms with Crippen LogP contribution in [0.5, 0.6) is 0 Å². The Balaban J connectivity index is 1.14. The fourth-order valence-corrected chi connectivity index (χ4v) is 8.48. The molecule has 3 saturated carbocycles. The number of nitrogens with zero attached hydrogens (tertiary/aromatic N) is 3. The number of rotatable bonds is 7. The van der Waals surface area contributed by atoms with E-state index in [1.807, 2.05) is 29.1 Å². The first-order valence-corrected chi connectivity index (χ1v) is 15.0. The molecule has 0 saturated heterocycles. The lowest BCUT2D eigenvalue weighted by atomic mass is 9.73. The molecule has 2 aromatic carbocycles. The number of hydrogen-bond acceptors (Lipinski definition) is 6. The third-order valence-corrected chi connectivity index (χ3v) is 10.6. The van der Waals surface area contributed by atoms with Gasteiger partial charge in [-0.3, -0.25) is 0 Å². The van der Waals surface area contributed by atoms with E-state index in [4.69, 9.17) is 27.9 Å². The first-order valence-electron chi connectivity index (χ1n) is 13.4. The van der Waals surface area contributed by atoms with Crippen LogP contribution in [0.1, 0.15) is 71.1 Å². The van der Waals surface area contributed by atoms with E-state index in [2.05, 4.69) is 10.1 Å². The van der Waals surface area contributed by atoms with Crippen LogP contribution in [0.2, 0.25) is 10.0 Å². The van der Waals surface area contributed by atoms with Crippen molar-refractivity contribution in [2.24, 2.45) is 11.8 Å². The molecule has 4 aromatic rings. The lowest BCUT2D eigenvalue weighted by molar-refractivity contribution is -0.288. The number of carboxylic acids is 1. The second-order valence-electron chi connectivity index (χ2n) is 11.1. The third kappa shape index (κ3) is 4.25. The van der Waals surface area contributed by atoms with E-state index in [1.54, 1.807) is 0 Å². The largest absolute Gasteiger partial charge is 0.478 e. The zero-order valence-corrected chi connectivity index (χ0v) is 23.7. The molecule has 3 aliphatic rings. The molecular weight excluding hydrogens is 576 g/mol. The topological polar surface area (TPSA) is 97.5 Å². The molecule has 2 aromatic heterocycles. The van der Waals surface area contributed by atoms with Crippen molar-refractivity contribution in [1.82, 2.24) is 14.8 Å². The monoisotopic (exact) mass is 602 g/mol. The summed E-state index contributed by atoms with van der Waals surface area (Å²) >= 11 is 13.3. The van der Waals surface area contributed by atoms with Crippen LogP contribution in [0.4, 0.5) is 4.39 Å². The quantitative estimate of drug-likeness (QED) is 0.264. The SMILES string of the molecule is O=C(O)c1cc(F)c2nc(C3(O)[C@@H]4CC[C@H]3CC(OCc3c(C5CC5)cnn3-c3c(Cl)cccc3[ClH+])C4)sc2c1. The lowest BCUT2D eigenvalue weighted by Crippen LogP contribution is -2.44. The molecule has 11 heteroatoms. The van der Waals surface area contributed by atoms with E-state index >= 15 is 0 Å². The Kier molecular flexibility index (Phi) is 6.44. The average Bonchev–Trinajstić information content (AvgIpc) is 3.49. The number of aromatic nitrogens is 3. The molecule has 0 amide bonds. The minimum Gasteiger partial charge on any atom is -0.478 e. The summed E-state index contributed by atoms with van der Waals surface area (Å²) in [6.45, 7) is 0.360. The highest BCUT2D eigenvalue weighted by molar-refractivity contribution is 7.18. The fourth-order valence-electron chi connectivity index (χ4n) is 6.63. The number of aromatic carboxylic acids is 1. The van der Waals surface area contributed by atoms with Gasteiger partial charge in [-0.25, -0.2) is 18.9 Å². The van der Waals surface area contributed by atoms with Gasteiger partial charge in [-0.1, -0.05) is 17.7 Å². The van der Waals surface area contributed by atoms with E-state index < -0.39 is 17.4 Å². The second kappa shape index (κ2) is 9.77. The summed E-state index contributed by atoms with van der Waals surface area (Å²) < 4.78 is 23.5. The van der Waals surface area contributed by atoms with Gasteiger partial charge in [0.25, 0.3) is 5.02 Å². The van der Waals surface area contributed by atoms with Crippen LogP contribution in [0.25, 0.3) is 15.9 Å². The number of carboxylic acid groups (broad SMARTS) is 1. The third-order valence-electron chi connectivity index (χ3n) is 8.78. The average molecular weight is 604 g/mol. The molecule has 2 heterocycles. The molecule has 3 fully saturated rings. The molecule has 40 heavy (non-hydrogen) atoms. The number of fused-ring (bicyclic) bond motifs is 3. The van der Waals surface area contributed by atoms with Crippen LogP contribution in [-0.2, 0) is 16.9 Å². The standard InChI is InChI=1S/C29H26Cl2FN3O4S/c30-20-2-1-3-21(31)26(20)35-23(19(12-33-35)14-4-5-14)13-39-18-10-16-6-7-17(11-18)29(16,38)28-34-25-22(32)8-15(27(36)37)9-24(25)40-28/h1-3,8-9,12,14,16-18,30,38H,4-7,10-11,13H2/p+1/t16-,17+,18?,29?. The number of aliphatic hydroxyl groups is 1. The number of ether oxygens (including phenoxy) is 1. The van der Waals surface area contributed by atoms with Crippen molar-refractivity contribution in [3.63, 3.8) is 0 Å². The van der Waals surface area contributed by atoms with Gasteiger partial charge in [0.1, 0.15) is 21.8 Å². The summed E-state index contributed by atoms with van der Waals surface area (Å²) in [5.74, 6) is -1.59. The molecule has 4 atom stereocenters. The lowest BCUT2D eigenvalue weighted by Gasteiger charge is -2.41. The maximum Gasteiger partial charge on any atom is 0.335 e. The molecule has 3 aliphatic carbocycles. The summed E-state index contributed by atoms with van der Waals surface area (Å²) in [5, 5.41) is 27.6. The zero-order chi connectivity index (χ0) is 27.8. The molecule has 7 rings (SSSR count). The van der Waals surface area contributed by atoms with Gasteiger partial charge in [-0.2, -0.15) is 5.10 Å². The van der Waals surface area contributed by atoms with Crippen molar-refractivity contribution < 1.29 is 35.7 Å². The molecule has 2 N–H and O–H groups in total. The number of benzene rings is 2. The number of para-hydroxylation sites is 1. The van der Waals surface area contributed by atoms with Crippen molar-refractivity contribution in [3.05, 3.63) is 74.2 Å². The van der Waals surface area contributed by atoms with E-state index in [0.717, 1.165) is 37.4 Å². The Labute approximate surface area is 243 Å². The Bertz CT molecular complexity index is 1620. The smallest absolute Gasteiger partial charge is 0.335 e. The van der Waals surface area contributed by atoms with Crippen LogP contribution < -0.4 is 0 Å². The van der Waals surface area contributed by atoms with Crippen LogP contribution in [0.3, 0.4) is 0 Å². The van der Waals surface area contributed by atoms with E-state index in [9.17, 15) is 19.4 Å². The van der Waals surface area contributed by atoms with Crippen molar-refractivity contribution in [2.45, 2.75) is 62.8 Å². The predicted molar refractivity (Wildman–Crippen MR) is 146 cm³/mol. The Morgan fingerprint density at radius 1 is 1.23 bits per heavy atom. The Morgan fingerprint density at radius 2 is 1.98 bits per heavy atom. The van der Waals surface area contributed by atoms with Crippen LogP contribution in [-0.4, -0.2) is 37.1 Å². The highest BCUT2D eigenvalue weighted by Gasteiger charge is 2.56. The zero-order valence-electron chi connectivity index (χ0n) is 21.3. The molecule has 208 valence electrons. The first-order chi connectivity index (χ1) is 19.2. The summed E-state index contributed by atoms with van der Waals surface area (Å²) in [7, 11) is 0. The van der Waals surface area contributed by atoms with Gasteiger partial charge in [-0.05, 0) is 80.0 Å². The van der Waals surface area contributed by atoms with Crippen molar-refractivity contribution in [1.29, 1.82) is 0 Å². The molecule has 0 spiro atoms. The van der Waals surface area contributed by atoms with Crippen molar-refractivity contribution >= 4 is 39.1 Å². The van der Waals surface area contributed by atoms with Crippen LogP contribution in [0.15, 0.2) is 36.5 Å². The molecule has 2 unspecified atom stereocenters. The van der Waals surface area contributed by atoms with E-state index in [0.29, 0.717) is 50.8 Å². The fraction of sp³-hybridized carbons (Fsp3) is 0.414.